The summed E-state index contributed by atoms with van der Waals surface area (Å²) < 4.78 is 25.0. The number of piperazine rings is 1. The smallest absolute Gasteiger partial charge is 0.145 e. The van der Waals surface area contributed by atoms with Gasteiger partial charge >= 0.3 is 0 Å². The summed E-state index contributed by atoms with van der Waals surface area (Å²) in [5.41, 5.74) is 0.664. The third kappa shape index (κ3) is 2.72. The van der Waals surface area contributed by atoms with Gasteiger partial charge in [-0.05, 0) is 17.7 Å². The van der Waals surface area contributed by atoms with Crippen molar-refractivity contribution in [2.24, 2.45) is 0 Å². The number of fused-ring (bicyclic) bond motifs is 1. The maximum Gasteiger partial charge on any atom is 0.145 e. The number of methoxy groups -OCH3 is 1. The van der Waals surface area contributed by atoms with Crippen molar-refractivity contribution in [2.45, 2.75) is 12.1 Å². The van der Waals surface area contributed by atoms with Gasteiger partial charge in [-0.2, -0.15) is 5.26 Å². The van der Waals surface area contributed by atoms with Crippen LogP contribution >= 0.6 is 0 Å². The van der Waals surface area contributed by atoms with Gasteiger partial charge in [-0.15, -0.1) is 0 Å². The fraction of sp³-hybridized carbons (Fsp3) is 0.533. The number of rotatable bonds is 2. The molecule has 2 fully saturated rings. The van der Waals surface area contributed by atoms with Crippen LogP contribution in [0.15, 0.2) is 12.1 Å². The maximum atomic E-state index is 14.0. The Labute approximate surface area is 123 Å². The van der Waals surface area contributed by atoms with E-state index in [0.29, 0.717) is 12.6 Å². The minimum Gasteiger partial charge on any atom is -0.495 e. The van der Waals surface area contributed by atoms with Crippen molar-refractivity contribution >= 4 is 0 Å². The largest absolute Gasteiger partial charge is 0.495 e. The summed E-state index contributed by atoms with van der Waals surface area (Å²) in [5.74, 6) is -0.295. The maximum absolute atomic E-state index is 14.0. The highest BCUT2D eigenvalue weighted by Gasteiger charge is 2.32. The number of ether oxygens (including phenoxy) is 2. The van der Waals surface area contributed by atoms with E-state index in [1.165, 1.54) is 13.2 Å². The van der Waals surface area contributed by atoms with Crippen LogP contribution in [0.25, 0.3) is 0 Å². The van der Waals surface area contributed by atoms with E-state index in [-0.39, 0.29) is 17.4 Å². The molecule has 6 heteroatoms. The summed E-state index contributed by atoms with van der Waals surface area (Å²) in [5, 5.41) is 12.3. The van der Waals surface area contributed by atoms with E-state index in [9.17, 15) is 4.39 Å². The molecule has 2 aliphatic rings. The lowest BCUT2D eigenvalue weighted by Gasteiger charge is -2.42. The van der Waals surface area contributed by atoms with Gasteiger partial charge in [0.25, 0.3) is 0 Å². The van der Waals surface area contributed by atoms with Crippen molar-refractivity contribution in [3.05, 3.63) is 29.1 Å². The van der Waals surface area contributed by atoms with Crippen molar-refractivity contribution in [1.82, 2.24) is 10.2 Å². The predicted molar refractivity (Wildman–Crippen MR) is 74.6 cm³/mol. The van der Waals surface area contributed by atoms with E-state index < -0.39 is 5.82 Å². The van der Waals surface area contributed by atoms with Gasteiger partial charge in [-0.25, -0.2) is 4.39 Å². The van der Waals surface area contributed by atoms with Gasteiger partial charge in [-0.3, -0.25) is 4.90 Å². The van der Waals surface area contributed by atoms with Crippen molar-refractivity contribution in [1.29, 1.82) is 5.26 Å². The summed E-state index contributed by atoms with van der Waals surface area (Å²) in [7, 11) is 1.44. The van der Waals surface area contributed by atoms with Crippen LogP contribution < -0.4 is 10.1 Å². The van der Waals surface area contributed by atoms with Crippen molar-refractivity contribution < 1.29 is 13.9 Å². The number of morpholine rings is 1. The standard InChI is InChI=1S/C15H18FN3O2/c1-20-14-5-10(4-13(16)12(14)6-17)15-8-19-3-2-18-7-11(19)9-21-15/h4-5,11,15,18H,2-3,7-9H2,1H3/t11-,15+/m0/s1. The second kappa shape index (κ2) is 5.98. The number of benzene rings is 1. The molecule has 5 nitrogen and oxygen atoms in total. The zero-order valence-electron chi connectivity index (χ0n) is 11.9. The summed E-state index contributed by atoms with van der Waals surface area (Å²) in [6.07, 6.45) is -0.185. The average Bonchev–Trinajstić information content (AvgIpc) is 2.53. The van der Waals surface area contributed by atoms with Crippen LogP contribution in [-0.2, 0) is 4.74 Å². The molecule has 0 unspecified atom stereocenters. The third-order valence-electron chi connectivity index (χ3n) is 4.14. The topological polar surface area (TPSA) is 57.5 Å². The molecule has 0 aliphatic carbocycles. The predicted octanol–water partition coefficient (Wildman–Crippen LogP) is 1.05. The minimum absolute atomic E-state index is 0.0582. The quantitative estimate of drug-likeness (QED) is 0.882. The highest BCUT2D eigenvalue weighted by atomic mass is 19.1. The lowest BCUT2D eigenvalue weighted by atomic mass is 10.0. The van der Waals surface area contributed by atoms with Gasteiger partial charge in [0.1, 0.15) is 23.2 Å². The van der Waals surface area contributed by atoms with Gasteiger partial charge < -0.3 is 14.8 Å². The van der Waals surface area contributed by atoms with Crippen LogP contribution in [0.3, 0.4) is 0 Å². The number of halogens is 1. The van der Waals surface area contributed by atoms with Crippen molar-refractivity contribution in [3.63, 3.8) is 0 Å². The van der Waals surface area contributed by atoms with E-state index in [0.717, 1.165) is 31.7 Å². The molecule has 2 atom stereocenters. The van der Waals surface area contributed by atoms with Crippen LogP contribution in [0.2, 0.25) is 0 Å². The summed E-state index contributed by atoms with van der Waals surface area (Å²) >= 11 is 0. The third-order valence-corrected chi connectivity index (χ3v) is 4.14. The SMILES string of the molecule is COc1cc([C@H]2CN3CCNC[C@H]3CO2)cc(F)c1C#N. The minimum atomic E-state index is -0.558. The molecule has 0 saturated carbocycles. The molecule has 112 valence electrons. The monoisotopic (exact) mass is 291 g/mol. The van der Waals surface area contributed by atoms with Gasteiger partial charge in [0.15, 0.2) is 0 Å². The average molecular weight is 291 g/mol. The van der Waals surface area contributed by atoms with E-state index >= 15 is 0 Å². The van der Waals surface area contributed by atoms with Gasteiger partial charge in [0, 0.05) is 32.2 Å². The van der Waals surface area contributed by atoms with Gasteiger partial charge in [-0.1, -0.05) is 0 Å². The summed E-state index contributed by atoms with van der Waals surface area (Å²) in [6, 6.07) is 5.31. The molecular weight excluding hydrogens is 273 g/mol. The Balaban J connectivity index is 1.84. The lowest BCUT2D eigenvalue weighted by Crippen LogP contribution is -2.57. The first-order chi connectivity index (χ1) is 10.2. The second-order valence-electron chi connectivity index (χ2n) is 5.37. The van der Waals surface area contributed by atoms with Crippen molar-refractivity contribution in [2.75, 3.05) is 39.9 Å². The Hall–Kier alpha value is -1.68. The Morgan fingerprint density at radius 1 is 1.52 bits per heavy atom. The molecule has 0 radical (unpaired) electrons. The molecule has 0 aromatic heterocycles. The normalized spacial score (nSPS) is 26.0. The molecule has 2 heterocycles. The van der Waals surface area contributed by atoms with Crippen LogP contribution in [0.1, 0.15) is 17.2 Å². The molecule has 21 heavy (non-hydrogen) atoms. The molecule has 0 bridgehead atoms. The number of nitrogens with one attached hydrogen (secondary N) is 1. The molecule has 0 spiro atoms. The van der Waals surface area contributed by atoms with Crippen molar-refractivity contribution in [3.8, 4) is 11.8 Å². The van der Waals surface area contributed by atoms with Crippen LogP contribution in [0.4, 0.5) is 4.39 Å². The molecule has 2 saturated heterocycles. The molecule has 0 amide bonds. The van der Waals surface area contributed by atoms with E-state index in [2.05, 4.69) is 10.2 Å². The van der Waals surface area contributed by atoms with E-state index in [4.69, 9.17) is 14.7 Å². The van der Waals surface area contributed by atoms with E-state index in [1.54, 1.807) is 6.07 Å². The number of hydrogen-bond acceptors (Lipinski definition) is 5. The fourth-order valence-corrected chi connectivity index (χ4v) is 2.96. The first-order valence-electron chi connectivity index (χ1n) is 7.07. The molecule has 1 aromatic carbocycles. The first-order valence-corrected chi connectivity index (χ1v) is 7.07. The lowest BCUT2D eigenvalue weighted by molar-refractivity contribution is -0.0719. The summed E-state index contributed by atoms with van der Waals surface area (Å²) in [4.78, 5) is 2.37. The molecular formula is C15H18FN3O2. The Morgan fingerprint density at radius 3 is 3.14 bits per heavy atom. The number of hydrogen-bond donors (Lipinski definition) is 1. The van der Waals surface area contributed by atoms with Crippen LogP contribution in [0.5, 0.6) is 5.75 Å². The first kappa shape index (κ1) is 14.3. The van der Waals surface area contributed by atoms with Crippen LogP contribution in [-0.4, -0.2) is 50.8 Å². The zero-order chi connectivity index (χ0) is 14.8. The second-order valence-corrected chi connectivity index (χ2v) is 5.37. The van der Waals surface area contributed by atoms with Crippen LogP contribution in [0, 0.1) is 17.1 Å². The van der Waals surface area contributed by atoms with Gasteiger partial charge in [0.2, 0.25) is 0 Å². The number of nitriles is 1. The highest BCUT2D eigenvalue weighted by Crippen LogP contribution is 2.31. The fourth-order valence-electron chi connectivity index (χ4n) is 2.96. The Kier molecular flexibility index (Phi) is 4.06. The highest BCUT2D eigenvalue weighted by molar-refractivity contribution is 5.47. The summed E-state index contributed by atoms with van der Waals surface area (Å²) in [6.45, 7) is 4.23. The molecule has 2 aliphatic heterocycles. The zero-order valence-corrected chi connectivity index (χ0v) is 11.9. The Morgan fingerprint density at radius 2 is 2.38 bits per heavy atom. The van der Waals surface area contributed by atoms with E-state index in [1.807, 2.05) is 6.07 Å². The Bertz CT molecular complexity index is 573. The molecule has 3 rings (SSSR count). The molecule has 1 aromatic rings. The van der Waals surface area contributed by atoms with Gasteiger partial charge in [0.05, 0.1) is 19.8 Å². The molecule has 1 N–H and O–H groups in total. The number of nitrogens with zero attached hydrogens (tertiary/aromatic N) is 2.